The van der Waals surface area contributed by atoms with Crippen LogP contribution in [0, 0.1) is 0 Å². The largest absolute Gasteiger partial charge is 0.507 e. The summed E-state index contributed by atoms with van der Waals surface area (Å²) in [6.45, 7) is 29.8. The van der Waals surface area contributed by atoms with E-state index in [1.807, 2.05) is 30.5 Å². The lowest BCUT2D eigenvalue weighted by atomic mass is 9.74. The van der Waals surface area contributed by atoms with Crippen molar-refractivity contribution < 1.29 is 5.11 Å². The molecule has 7 aromatic rings. The Morgan fingerprint density at radius 3 is 1.72 bits per heavy atom. The molecule has 0 spiro atoms. The molecule has 0 amide bonds. The summed E-state index contributed by atoms with van der Waals surface area (Å²) in [5.41, 5.74) is 15.9. The molecule has 5 aromatic carbocycles. The van der Waals surface area contributed by atoms with Gasteiger partial charge in [-0.15, -0.1) is 0 Å². The van der Waals surface area contributed by atoms with Gasteiger partial charge in [0.2, 0.25) is 0 Å². The Labute approximate surface area is 347 Å². The molecule has 0 fully saturated rings. The van der Waals surface area contributed by atoms with Gasteiger partial charge in [-0.3, -0.25) is 9.55 Å². The molecule has 0 bridgehead atoms. The summed E-state index contributed by atoms with van der Waals surface area (Å²) in [7, 11) is 0. The number of para-hydroxylation sites is 1. The van der Waals surface area contributed by atoms with E-state index < -0.39 is 0 Å². The minimum Gasteiger partial charge on any atom is -0.507 e. The van der Waals surface area contributed by atoms with Crippen molar-refractivity contribution >= 4 is 11.0 Å². The molecule has 0 radical (unpaired) electrons. The van der Waals surface area contributed by atoms with E-state index in [0.29, 0.717) is 5.56 Å². The van der Waals surface area contributed by atoms with Crippen molar-refractivity contribution in [3.63, 3.8) is 0 Å². The first-order valence-electron chi connectivity index (χ1n) is 21.0. The molecule has 2 heterocycles. The lowest BCUT2D eigenvalue weighted by Gasteiger charge is -2.31. The summed E-state index contributed by atoms with van der Waals surface area (Å²) in [4.78, 5) is 10.7. The Morgan fingerprint density at radius 2 is 1.16 bits per heavy atom. The second-order valence-electron chi connectivity index (χ2n) is 19.8. The Balaban J connectivity index is 1.71. The number of benzene rings is 5. The topological polar surface area (TPSA) is 50.9 Å². The first kappa shape index (κ1) is 40.7. The molecule has 58 heavy (non-hydrogen) atoms. The molecule has 4 heteroatoms. The van der Waals surface area contributed by atoms with Crippen LogP contribution in [0.25, 0.3) is 61.6 Å². The number of nitrogens with zero attached hydrogens (tertiary/aromatic N) is 3. The van der Waals surface area contributed by atoms with Crippen LogP contribution in [0.15, 0.2) is 115 Å². The Bertz CT molecular complexity index is 2580. The fourth-order valence-electron chi connectivity index (χ4n) is 8.32. The maximum atomic E-state index is 11.9. The van der Waals surface area contributed by atoms with Gasteiger partial charge in [-0.2, -0.15) is 0 Å². The number of hydrogen-bond donors (Lipinski definition) is 1. The van der Waals surface area contributed by atoms with Crippen LogP contribution in [0.1, 0.15) is 130 Å². The van der Waals surface area contributed by atoms with Gasteiger partial charge in [0.15, 0.2) is 0 Å². The molecule has 2 aromatic heterocycles. The van der Waals surface area contributed by atoms with E-state index in [4.69, 9.17) is 9.97 Å². The highest BCUT2D eigenvalue weighted by atomic mass is 16.3. The average Bonchev–Trinajstić information content (AvgIpc) is 3.55. The maximum absolute atomic E-state index is 11.9. The number of phenolic OH excluding ortho intramolecular Hbond substituents is 1. The van der Waals surface area contributed by atoms with Crippen LogP contribution in [0.3, 0.4) is 0 Å². The molecule has 0 aliphatic rings. The first-order valence-corrected chi connectivity index (χ1v) is 21.0. The van der Waals surface area contributed by atoms with Gasteiger partial charge in [-0.1, -0.05) is 157 Å². The number of pyridine rings is 1. The molecule has 298 valence electrons. The van der Waals surface area contributed by atoms with E-state index in [0.717, 1.165) is 56.1 Å². The molecule has 7 rings (SSSR count). The number of imidazole rings is 1. The lowest BCUT2D eigenvalue weighted by Crippen LogP contribution is -2.19. The predicted octanol–water partition coefficient (Wildman–Crippen LogP) is 14.9. The van der Waals surface area contributed by atoms with Crippen molar-refractivity contribution in [2.45, 2.75) is 118 Å². The van der Waals surface area contributed by atoms with E-state index >= 15 is 0 Å². The molecule has 0 atom stereocenters. The fraction of sp³-hybridized carbons (Fsp3) is 0.333. The summed E-state index contributed by atoms with van der Waals surface area (Å²) in [5, 5.41) is 11.9. The van der Waals surface area contributed by atoms with Gasteiger partial charge < -0.3 is 5.11 Å². The van der Waals surface area contributed by atoms with Gasteiger partial charge in [0.25, 0.3) is 0 Å². The van der Waals surface area contributed by atoms with Gasteiger partial charge in [0, 0.05) is 17.3 Å². The Kier molecular flexibility index (Phi) is 10.6. The van der Waals surface area contributed by atoms with E-state index in [-0.39, 0.29) is 33.8 Å². The first-order chi connectivity index (χ1) is 27.3. The monoisotopic (exact) mass is 767 g/mol. The normalized spacial score (nSPS) is 12.6. The second-order valence-corrected chi connectivity index (χ2v) is 19.8. The molecule has 4 nitrogen and oxygen atoms in total. The highest BCUT2D eigenvalue weighted by Crippen LogP contribution is 2.47. The summed E-state index contributed by atoms with van der Waals surface area (Å²) in [6.07, 6.45) is 1.89. The summed E-state index contributed by atoms with van der Waals surface area (Å²) in [5.74, 6) is 1.41. The van der Waals surface area contributed by atoms with E-state index in [9.17, 15) is 5.11 Å². The highest BCUT2D eigenvalue weighted by Gasteiger charge is 2.31. The van der Waals surface area contributed by atoms with Gasteiger partial charge in [0.05, 0.1) is 28.0 Å². The lowest BCUT2D eigenvalue weighted by molar-refractivity contribution is 0.477. The second kappa shape index (κ2) is 15.0. The zero-order valence-corrected chi connectivity index (χ0v) is 36.9. The van der Waals surface area contributed by atoms with Gasteiger partial charge >= 0.3 is 0 Å². The number of phenols is 1. The quantitative estimate of drug-likeness (QED) is 0.176. The van der Waals surface area contributed by atoms with Gasteiger partial charge in [-0.05, 0) is 115 Å². The summed E-state index contributed by atoms with van der Waals surface area (Å²) >= 11 is 0. The van der Waals surface area contributed by atoms with Crippen LogP contribution in [-0.2, 0) is 16.2 Å². The van der Waals surface area contributed by atoms with Crippen LogP contribution >= 0.6 is 0 Å². The number of rotatable bonds is 7. The zero-order valence-electron chi connectivity index (χ0n) is 36.9. The van der Waals surface area contributed by atoms with E-state index in [1.165, 1.54) is 27.8 Å². The summed E-state index contributed by atoms with van der Waals surface area (Å²) < 4.78 is 2.38. The minimum absolute atomic E-state index is 0.127. The fourth-order valence-corrected chi connectivity index (χ4v) is 8.32. The molecule has 0 saturated heterocycles. The van der Waals surface area contributed by atoms with Crippen molar-refractivity contribution in [3.8, 4) is 56.3 Å². The van der Waals surface area contributed by atoms with E-state index in [2.05, 4.69) is 180 Å². The zero-order chi connectivity index (χ0) is 41.9. The molecular formula is C54H61N3O. The Hall–Kier alpha value is -5.48. The molecule has 0 saturated carbocycles. The number of fused-ring (bicyclic) bond motifs is 1. The van der Waals surface area contributed by atoms with Crippen molar-refractivity contribution in [1.82, 2.24) is 14.5 Å². The van der Waals surface area contributed by atoms with Crippen LogP contribution < -0.4 is 0 Å². The van der Waals surface area contributed by atoms with Gasteiger partial charge in [-0.25, -0.2) is 4.98 Å². The summed E-state index contributed by atoms with van der Waals surface area (Å²) in [6, 6.07) is 38.8. The smallest absolute Gasteiger partial charge is 0.149 e. The highest BCUT2D eigenvalue weighted by molar-refractivity contribution is 5.99. The SMILES string of the molecule is CC(C)c1cccc(C(C)C)c1-n1c(-c2cc(-c3ccccc3)ccc2O)nc2c(-c3cc(-c4ccccn4)c(C(C)(C)C)cc3C(C)(C)C)cc(C(C)(C)C)cc21. The molecule has 0 aliphatic heterocycles. The average molecular weight is 768 g/mol. The van der Waals surface area contributed by atoms with Crippen LogP contribution in [-0.4, -0.2) is 19.6 Å². The van der Waals surface area contributed by atoms with Gasteiger partial charge in [0.1, 0.15) is 11.6 Å². The number of hydrogen-bond acceptors (Lipinski definition) is 3. The molecular weight excluding hydrogens is 707 g/mol. The standard InChI is InChI=1S/C54H61N3O/c1-33(2)38-22-19-23-39(34(3)4)50(38)57-47-30-37(52(5,6)7)29-41(49(47)56-51(57)43-28-36(25-26-48(43)58)35-20-15-14-16-21-35)40-31-42(46-24-17-18-27-55-46)45(54(11,12)13)32-44(40)53(8,9)10/h14-34,58H,1-13H3. The Morgan fingerprint density at radius 1 is 0.534 bits per heavy atom. The van der Waals surface area contributed by atoms with Crippen molar-refractivity contribution in [3.05, 3.63) is 143 Å². The third kappa shape index (κ3) is 7.62. The third-order valence-corrected chi connectivity index (χ3v) is 11.5. The van der Waals surface area contributed by atoms with Crippen LogP contribution in [0.2, 0.25) is 0 Å². The minimum atomic E-state index is -0.190. The predicted molar refractivity (Wildman–Crippen MR) is 247 cm³/mol. The van der Waals surface area contributed by atoms with Crippen molar-refractivity contribution in [2.75, 3.05) is 0 Å². The number of aromatic nitrogens is 3. The van der Waals surface area contributed by atoms with Crippen LogP contribution in [0.5, 0.6) is 5.75 Å². The van der Waals surface area contributed by atoms with Crippen LogP contribution in [0.4, 0.5) is 0 Å². The van der Waals surface area contributed by atoms with Crippen molar-refractivity contribution in [2.24, 2.45) is 0 Å². The molecule has 0 unspecified atom stereocenters. The van der Waals surface area contributed by atoms with E-state index in [1.54, 1.807) is 0 Å². The third-order valence-electron chi connectivity index (χ3n) is 11.5. The molecule has 0 aliphatic carbocycles. The molecule has 1 N–H and O–H groups in total. The maximum Gasteiger partial charge on any atom is 0.149 e. The number of aromatic hydroxyl groups is 1. The van der Waals surface area contributed by atoms with Crippen molar-refractivity contribution in [1.29, 1.82) is 0 Å².